The van der Waals surface area contributed by atoms with E-state index in [1.165, 1.54) is 0 Å². The Kier molecular flexibility index (Phi) is 1.39. The van der Waals surface area contributed by atoms with Gasteiger partial charge >= 0.3 is 0 Å². The average molecular weight is 165 g/mol. The minimum Gasteiger partial charge on any atom is -0.378 e. The van der Waals surface area contributed by atoms with Crippen LogP contribution in [0.2, 0.25) is 0 Å². The molecule has 4 nitrogen and oxygen atoms in total. The van der Waals surface area contributed by atoms with Crippen molar-refractivity contribution in [2.24, 2.45) is 0 Å². The second-order valence-electron chi connectivity index (χ2n) is 2.61. The van der Waals surface area contributed by atoms with Gasteiger partial charge in [0.05, 0.1) is 5.69 Å². The Hall–Kier alpha value is -1.39. The van der Waals surface area contributed by atoms with E-state index in [1.807, 2.05) is 0 Å². The van der Waals surface area contributed by atoms with E-state index in [2.05, 4.69) is 0 Å². The second kappa shape index (κ2) is 2.30. The molecule has 0 aliphatic carbocycles. The molecule has 1 amide bonds. The maximum Gasteiger partial charge on any atom is 0.284 e. The summed E-state index contributed by atoms with van der Waals surface area (Å²) < 4.78 is 0. The number of hydroxylamine groups is 1. The fourth-order valence-electron chi connectivity index (χ4n) is 1.28. The van der Waals surface area contributed by atoms with Crippen LogP contribution in [0.4, 0.5) is 5.69 Å². The average Bonchev–Trinajstić information content (AvgIpc) is 2.33. The molecule has 1 aromatic rings. The Bertz CT molecular complexity index is 306. The second-order valence-corrected chi connectivity index (χ2v) is 2.61. The molecule has 0 radical (unpaired) electrons. The van der Waals surface area contributed by atoms with Crippen LogP contribution >= 0.6 is 0 Å². The number of amides is 1. The smallest absolute Gasteiger partial charge is 0.284 e. The number of benzene rings is 1. The van der Waals surface area contributed by atoms with Crippen LogP contribution in [0.5, 0.6) is 0 Å². The Labute approximate surface area is 68.6 Å². The van der Waals surface area contributed by atoms with Gasteiger partial charge in [0, 0.05) is 5.56 Å². The lowest BCUT2D eigenvalue weighted by atomic mass is 10.1. The summed E-state index contributed by atoms with van der Waals surface area (Å²) in [5, 5.41) is 18.9. The Morgan fingerprint density at radius 3 is 2.67 bits per heavy atom. The van der Waals surface area contributed by atoms with E-state index in [9.17, 15) is 9.90 Å². The number of carbonyl (C=O) groups is 1. The van der Waals surface area contributed by atoms with Crippen LogP contribution in [0.1, 0.15) is 11.7 Å². The molecule has 12 heavy (non-hydrogen) atoms. The monoisotopic (exact) mass is 165 g/mol. The van der Waals surface area contributed by atoms with Crippen LogP contribution < -0.4 is 5.06 Å². The Morgan fingerprint density at radius 2 is 2.00 bits per heavy atom. The molecule has 1 heterocycles. The summed E-state index contributed by atoms with van der Waals surface area (Å²) in [5.41, 5.74) is 0.806. The van der Waals surface area contributed by atoms with E-state index in [-0.39, 0.29) is 0 Å². The summed E-state index contributed by atoms with van der Waals surface area (Å²) in [6.07, 6.45) is -1.22. The third-order valence-corrected chi connectivity index (χ3v) is 1.90. The highest BCUT2D eigenvalue weighted by Gasteiger charge is 2.34. The number of aliphatic hydroxyl groups is 1. The van der Waals surface area contributed by atoms with Crippen LogP contribution in [0.3, 0.4) is 0 Å². The summed E-state index contributed by atoms with van der Waals surface area (Å²) >= 11 is 0. The lowest BCUT2D eigenvalue weighted by Gasteiger charge is -2.05. The number of anilines is 1. The van der Waals surface area contributed by atoms with Crippen molar-refractivity contribution in [1.29, 1.82) is 0 Å². The van der Waals surface area contributed by atoms with Gasteiger partial charge in [-0.15, -0.1) is 0 Å². The van der Waals surface area contributed by atoms with Gasteiger partial charge in [0.25, 0.3) is 5.91 Å². The van der Waals surface area contributed by atoms with Gasteiger partial charge in [-0.2, -0.15) is 5.06 Å². The van der Waals surface area contributed by atoms with Crippen LogP contribution in [-0.4, -0.2) is 16.2 Å². The quantitative estimate of drug-likeness (QED) is 0.549. The van der Waals surface area contributed by atoms with E-state index < -0.39 is 12.0 Å². The lowest BCUT2D eigenvalue weighted by Crippen LogP contribution is -2.24. The SMILES string of the molecule is O=C1C(O)c2ccccc2N1O. The number of carbonyl (C=O) groups excluding carboxylic acids is 1. The zero-order chi connectivity index (χ0) is 8.72. The highest BCUT2D eigenvalue weighted by molar-refractivity contribution is 6.01. The largest absolute Gasteiger partial charge is 0.378 e. The standard InChI is InChI=1S/C8H7NO3/c10-7-5-3-1-2-4-6(5)9(12)8(7)11/h1-4,7,10,12H. The number of para-hydroxylation sites is 1. The molecule has 2 N–H and O–H groups in total. The zero-order valence-electron chi connectivity index (χ0n) is 6.14. The highest BCUT2D eigenvalue weighted by atomic mass is 16.5. The number of hydrogen-bond acceptors (Lipinski definition) is 3. The molecule has 1 aromatic carbocycles. The Balaban J connectivity index is 2.59. The van der Waals surface area contributed by atoms with Crippen LogP contribution in [0.15, 0.2) is 24.3 Å². The first-order valence-electron chi connectivity index (χ1n) is 3.51. The van der Waals surface area contributed by atoms with Gasteiger partial charge in [-0.1, -0.05) is 18.2 Å². The van der Waals surface area contributed by atoms with E-state index in [4.69, 9.17) is 5.21 Å². The van der Waals surface area contributed by atoms with Gasteiger partial charge in [-0.25, -0.2) is 0 Å². The summed E-state index contributed by atoms with van der Waals surface area (Å²) in [6, 6.07) is 6.57. The van der Waals surface area contributed by atoms with E-state index in [0.717, 1.165) is 0 Å². The van der Waals surface area contributed by atoms with Gasteiger partial charge in [0.2, 0.25) is 0 Å². The number of rotatable bonds is 0. The molecule has 1 aliphatic rings. The third kappa shape index (κ3) is 0.760. The molecule has 0 bridgehead atoms. The van der Waals surface area contributed by atoms with Gasteiger partial charge in [-0.05, 0) is 6.07 Å². The molecular weight excluding hydrogens is 158 g/mol. The first-order chi connectivity index (χ1) is 5.72. The van der Waals surface area contributed by atoms with Gasteiger partial charge in [0.1, 0.15) is 0 Å². The molecular formula is C8H7NO3. The van der Waals surface area contributed by atoms with Crippen molar-refractivity contribution in [3.05, 3.63) is 29.8 Å². The van der Waals surface area contributed by atoms with Crippen molar-refractivity contribution in [3.8, 4) is 0 Å². The molecule has 0 fully saturated rings. The predicted molar refractivity (Wildman–Crippen MR) is 40.7 cm³/mol. The van der Waals surface area contributed by atoms with Gasteiger partial charge < -0.3 is 5.11 Å². The van der Waals surface area contributed by atoms with Crippen molar-refractivity contribution < 1.29 is 15.1 Å². The number of aliphatic hydroxyl groups excluding tert-OH is 1. The summed E-state index contributed by atoms with van der Waals surface area (Å²) in [6.45, 7) is 0. The molecule has 1 aliphatic heterocycles. The van der Waals surface area contributed by atoms with E-state index >= 15 is 0 Å². The molecule has 1 unspecified atom stereocenters. The third-order valence-electron chi connectivity index (χ3n) is 1.90. The maximum absolute atomic E-state index is 11.0. The first kappa shape index (κ1) is 7.27. The highest BCUT2D eigenvalue weighted by Crippen LogP contribution is 2.33. The minimum absolute atomic E-state index is 0.356. The fraction of sp³-hybridized carbons (Fsp3) is 0.125. The number of nitrogens with zero attached hydrogens (tertiary/aromatic N) is 1. The molecule has 62 valence electrons. The minimum atomic E-state index is -1.22. The topological polar surface area (TPSA) is 60.8 Å². The molecule has 0 saturated heterocycles. The molecule has 4 heteroatoms. The van der Waals surface area contributed by atoms with Gasteiger partial charge in [0.15, 0.2) is 6.10 Å². The lowest BCUT2D eigenvalue weighted by molar-refractivity contribution is -0.130. The predicted octanol–water partition coefficient (Wildman–Crippen LogP) is 0.456. The maximum atomic E-state index is 11.0. The summed E-state index contributed by atoms with van der Waals surface area (Å²) in [5.74, 6) is -0.698. The van der Waals surface area contributed by atoms with Gasteiger partial charge in [-0.3, -0.25) is 10.0 Å². The van der Waals surface area contributed by atoms with Crippen molar-refractivity contribution in [1.82, 2.24) is 0 Å². The molecule has 2 rings (SSSR count). The van der Waals surface area contributed by atoms with Crippen molar-refractivity contribution in [3.63, 3.8) is 0 Å². The zero-order valence-corrected chi connectivity index (χ0v) is 6.14. The van der Waals surface area contributed by atoms with Crippen molar-refractivity contribution in [2.75, 3.05) is 5.06 Å². The van der Waals surface area contributed by atoms with Crippen molar-refractivity contribution >= 4 is 11.6 Å². The molecule has 0 spiro atoms. The first-order valence-corrected chi connectivity index (χ1v) is 3.51. The number of fused-ring (bicyclic) bond motifs is 1. The van der Waals surface area contributed by atoms with Crippen molar-refractivity contribution in [2.45, 2.75) is 6.10 Å². The molecule has 0 aromatic heterocycles. The van der Waals surface area contributed by atoms with Crippen LogP contribution in [-0.2, 0) is 4.79 Å². The molecule has 1 atom stereocenters. The number of hydrogen-bond donors (Lipinski definition) is 2. The fourth-order valence-corrected chi connectivity index (χ4v) is 1.28. The molecule has 0 saturated carbocycles. The van der Waals surface area contributed by atoms with E-state index in [1.54, 1.807) is 24.3 Å². The Morgan fingerprint density at radius 1 is 1.33 bits per heavy atom. The van der Waals surface area contributed by atoms with Crippen LogP contribution in [0, 0.1) is 0 Å². The van der Waals surface area contributed by atoms with E-state index in [0.29, 0.717) is 16.3 Å². The summed E-state index contributed by atoms with van der Waals surface area (Å²) in [7, 11) is 0. The van der Waals surface area contributed by atoms with Crippen LogP contribution in [0.25, 0.3) is 0 Å². The normalized spacial score (nSPS) is 21.3. The summed E-state index contributed by atoms with van der Waals surface area (Å²) in [4.78, 5) is 11.0.